The third-order valence-corrected chi connectivity index (χ3v) is 4.03. The first-order valence-electron chi connectivity index (χ1n) is 7.98. The Bertz CT molecular complexity index is 420. The molecule has 2 unspecified atom stereocenters. The van der Waals surface area contributed by atoms with E-state index in [2.05, 4.69) is 48.3 Å². The van der Waals surface area contributed by atoms with Gasteiger partial charge in [-0.1, -0.05) is 19.1 Å². The first kappa shape index (κ1) is 16.4. The Morgan fingerprint density at radius 1 is 1.52 bits per heavy atom. The topological polar surface area (TPSA) is 55.2 Å². The second-order valence-electron chi connectivity index (χ2n) is 6.41. The van der Waals surface area contributed by atoms with Crippen LogP contribution in [0.1, 0.15) is 32.9 Å². The van der Waals surface area contributed by atoms with Gasteiger partial charge in [0.25, 0.3) is 0 Å². The SMILES string of the molecule is CC(C)CNCc1cn(CCN(C)C2CCOC2C)nn1. The summed E-state index contributed by atoms with van der Waals surface area (Å²) in [6.45, 7) is 11.1. The fourth-order valence-electron chi connectivity index (χ4n) is 2.74. The molecule has 1 aliphatic heterocycles. The predicted octanol–water partition coefficient (Wildman–Crippen LogP) is 1.13. The summed E-state index contributed by atoms with van der Waals surface area (Å²) in [5, 5.41) is 11.8. The van der Waals surface area contributed by atoms with Gasteiger partial charge in [-0.3, -0.25) is 9.58 Å². The Balaban J connectivity index is 1.72. The van der Waals surface area contributed by atoms with Gasteiger partial charge in [-0.05, 0) is 32.9 Å². The summed E-state index contributed by atoms with van der Waals surface area (Å²) in [6.07, 6.45) is 3.50. The lowest BCUT2D eigenvalue weighted by molar-refractivity contribution is 0.0822. The molecule has 1 aliphatic rings. The molecule has 1 aromatic heterocycles. The fraction of sp³-hybridized carbons (Fsp3) is 0.867. The number of rotatable bonds is 8. The molecule has 1 saturated heterocycles. The van der Waals surface area contributed by atoms with Crippen molar-refractivity contribution in [3.63, 3.8) is 0 Å². The Morgan fingerprint density at radius 2 is 2.33 bits per heavy atom. The van der Waals surface area contributed by atoms with Crippen molar-refractivity contribution in [2.75, 3.05) is 26.7 Å². The molecule has 0 aromatic carbocycles. The van der Waals surface area contributed by atoms with Crippen LogP contribution in [0.15, 0.2) is 6.20 Å². The first-order valence-corrected chi connectivity index (χ1v) is 7.98. The molecule has 2 heterocycles. The van der Waals surface area contributed by atoms with E-state index in [0.717, 1.165) is 44.9 Å². The van der Waals surface area contributed by atoms with Gasteiger partial charge in [0.1, 0.15) is 0 Å². The highest BCUT2D eigenvalue weighted by Gasteiger charge is 2.27. The van der Waals surface area contributed by atoms with Crippen molar-refractivity contribution in [3.8, 4) is 0 Å². The minimum Gasteiger partial charge on any atom is -0.377 e. The molecule has 0 amide bonds. The maximum atomic E-state index is 5.62. The number of hydrogen-bond acceptors (Lipinski definition) is 5. The summed E-state index contributed by atoms with van der Waals surface area (Å²) >= 11 is 0. The van der Waals surface area contributed by atoms with E-state index in [0.29, 0.717) is 18.1 Å². The lowest BCUT2D eigenvalue weighted by atomic mass is 10.1. The van der Waals surface area contributed by atoms with E-state index >= 15 is 0 Å². The van der Waals surface area contributed by atoms with Gasteiger partial charge in [0.05, 0.1) is 18.3 Å². The molecule has 2 rings (SSSR count). The lowest BCUT2D eigenvalue weighted by Crippen LogP contribution is -2.38. The van der Waals surface area contributed by atoms with Gasteiger partial charge in [0.15, 0.2) is 0 Å². The van der Waals surface area contributed by atoms with Crippen LogP contribution in [-0.2, 0) is 17.8 Å². The highest BCUT2D eigenvalue weighted by molar-refractivity contribution is 4.91. The van der Waals surface area contributed by atoms with Crippen LogP contribution in [-0.4, -0.2) is 58.8 Å². The summed E-state index contributed by atoms with van der Waals surface area (Å²) in [5.41, 5.74) is 1.01. The third-order valence-electron chi connectivity index (χ3n) is 4.03. The van der Waals surface area contributed by atoms with Gasteiger partial charge in [-0.2, -0.15) is 0 Å². The predicted molar refractivity (Wildman–Crippen MR) is 83.0 cm³/mol. The highest BCUT2D eigenvalue weighted by atomic mass is 16.5. The molecule has 120 valence electrons. The second-order valence-corrected chi connectivity index (χ2v) is 6.41. The fourth-order valence-corrected chi connectivity index (χ4v) is 2.74. The van der Waals surface area contributed by atoms with E-state index in [1.807, 2.05) is 10.9 Å². The summed E-state index contributed by atoms with van der Waals surface area (Å²) in [6, 6.07) is 0.528. The minimum absolute atomic E-state index is 0.335. The van der Waals surface area contributed by atoms with Crippen LogP contribution in [0.2, 0.25) is 0 Å². The third kappa shape index (κ3) is 5.05. The largest absolute Gasteiger partial charge is 0.377 e. The zero-order chi connectivity index (χ0) is 15.2. The van der Waals surface area contributed by atoms with E-state index < -0.39 is 0 Å². The maximum Gasteiger partial charge on any atom is 0.0964 e. The van der Waals surface area contributed by atoms with Crippen LogP contribution in [0.4, 0.5) is 0 Å². The molecule has 0 radical (unpaired) electrons. The van der Waals surface area contributed by atoms with Crippen molar-refractivity contribution < 1.29 is 4.74 Å². The van der Waals surface area contributed by atoms with E-state index in [-0.39, 0.29) is 0 Å². The zero-order valence-electron chi connectivity index (χ0n) is 13.7. The van der Waals surface area contributed by atoms with Crippen LogP contribution >= 0.6 is 0 Å². The molecule has 6 heteroatoms. The number of nitrogens with one attached hydrogen (secondary N) is 1. The molecule has 0 aliphatic carbocycles. The lowest BCUT2D eigenvalue weighted by Gasteiger charge is -2.26. The van der Waals surface area contributed by atoms with Crippen molar-refractivity contribution in [1.82, 2.24) is 25.2 Å². The van der Waals surface area contributed by atoms with Crippen molar-refractivity contribution in [2.24, 2.45) is 5.92 Å². The Morgan fingerprint density at radius 3 is 3.00 bits per heavy atom. The molecule has 1 fully saturated rings. The van der Waals surface area contributed by atoms with E-state index in [1.165, 1.54) is 0 Å². The van der Waals surface area contributed by atoms with Crippen molar-refractivity contribution in [2.45, 2.75) is 52.4 Å². The summed E-state index contributed by atoms with van der Waals surface area (Å²) in [7, 11) is 2.16. The number of likely N-dealkylation sites (N-methyl/N-ethyl adjacent to an activating group) is 1. The molecule has 1 N–H and O–H groups in total. The Hall–Kier alpha value is -0.980. The standard InChI is InChI=1S/C15H29N5O/c1-12(2)9-16-10-14-11-20(18-17-14)7-6-19(4)15-5-8-21-13(15)3/h11-13,15-16H,5-10H2,1-4H3. The van der Waals surface area contributed by atoms with Crippen LogP contribution < -0.4 is 5.32 Å². The first-order chi connectivity index (χ1) is 10.1. The van der Waals surface area contributed by atoms with Gasteiger partial charge >= 0.3 is 0 Å². The van der Waals surface area contributed by atoms with Crippen molar-refractivity contribution >= 4 is 0 Å². The van der Waals surface area contributed by atoms with E-state index in [1.54, 1.807) is 0 Å². The molecule has 1 aromatic rings. The molecule has 0 bridgehead atoms. The summed E-state index contributed by atoms with van der Waals surface area (Å²) in [5.74, 6) is 0.657. The van der Waals surface area contributed by atoms with Gasteiger partial charge in [-0.15, -0.1) is 5.10 Å². The zero-order valence-corrected chi connectivity index (χ0v) is 13.7. The number of hydrogen-bond donors (Lipinski definition) is 1. The summed E-state index contributed by atoms with van der Waals surface area (Å²) in [4.78, 5) is 2.37. The average Bonchev–Trinajstić information content (AvgIpc) is 3.05. The molecule has 2 atom stereocenters. The van der Waals surface area contributed by atoms with Crippen LogP contribution in [0.5, 0.6) is 0 Å². The Kier molecular flexibility index (Phi) is 6.14. The van der Waals surface area contributed by atoms with Gasteiger partial charge in [0.2, 0.25) is 0 Å². The highest BCUT2D eigenvalue weighted by Crippen LogP contribution is 2.17. The minimum atomic E-state index is 0.335. The number of nitrogens with zero attached hydrogens (tertiary/aromatic N) is 4. The van der Waals surface area contributed by atoms with Crippen LogP contribution in [0.25, 0.3) is 0 Å². The smallest absolute Gasteiger partial charge is 0.0964 e. The quantitative estimate of drug-likeness (QED) is 0.779. The molecule has 0 spiro atoms. The van der Waals surface area contributed by atoms with Gasteiger partial charge in [-0.25, -0.2) is 0 Å². The van der Waals surface area contributed by atoms with Gasteiger partial charge in [0, 0.05) is 31.9 Å². The van der Waals surface area contributed by atoms with E-state index in [9.17, 15) is 0 Å². The van der Waals surface area contributed by atoms with Crippen LogP contribution in [0.3, 0.4) is 0 Å². The van der Waals surface area contributed by atoms with E-state index in [4.69, 9.17) is 4.74 Å². The van der Waals surface area contributed by atoms with Crippen molar-refractivity contribution in [1.29, 1.82) is 0 Å². The molecule has 21 heavy (non-hydrogen) atoms. The maximum absolute atomic E-state index is 5.62. The van der Waals surface area contributed by atoms with Gasteiger partial charge < -0.3 is 10.1 Å². The second kappa shape index (κ2) is 7.87. The normalized spacial score (nSPS) is 22.6. The average molecular weight is 295 g/mol. The number of ether oxygens (including phenoxy) is 1. The Labute approximate surface area is 127 Å². The monoisotopic (exact) mass is 295 g/mol. The molecular formula is C15H29N5O. The van der Waals surface area contributed by atoms with Crippen molar-refractivity contribution in [3.05, 3.63) is 11.9 Å². The molecule has 0 saturated carbocycles. The number of aromatic nitrogens is 3. The summed E-state index contributed by atoms with van der Waals surface area (Å²) < 4.78 is 7.56. The van der Waals surface area contributed by atoms with Crippen LogP contribution in [0, 0.1) is 5.92 Å². The molecule has 6 nitrogen and oxygen atoms in total. The molecular weight excluding hydrogens is 266 g/mol.